The van der Waals surface area contributed by atoms with E-state index in [1.165, 1.54) is 6.07 Å². The molecule has 7 heteroatoms. The lowest BCUT2D eigenvalue weighted by Gasteiger charge is -2.21. The third-order valence-electron chi connectivity index (χ3n) is 2.54. The van der Waals surface area contributed by atoms with Crippen molar-refractivity contribution in [2.75, 3.05) is 0 Å². The van der Waals surface area contributed by atoms with Crippen molar-refractivity contribution in [3.8, 4) is 0 Å². The van der Waals surface area contributed by atoms with E-state index in [0.717, 1.165) is 0 Å². The molecule has 0 bridgehead atoms. The Bertz CT molecular complexity index is 649. The fourth-order valence-corrected chi connectivity index (χ4v) is 4.31. The SMILES string of the molecule is CC(C)NC(=O)Cc1ccc(Br)c(S(=O)(=O)NC(C)(C)C)c1. The number of halogens is 1. The number of carbonyl (C=O) groups is 1. The molecule has 0 unspecified atom stereocenters. The molecule has 0 radical (unpaired) electrons. The van der Waals surface area contributed by atoms with Gasteiger partial charge in [-0.25, -0.2) is 13.1 Å². The molecular formula is C15H23BrN2O3S. The highest BCUT2D eigenvalue weighted by atomic mass is 79.9. The van der Waals surface area contributed by atoms with Gasteiger partial charge in [0.05, 0.1) is 11.3 Å². The Labute approximate surface area is 141 Å². The van der Waals surface area contributed by atoms with Crippen LogP contribution in [0.3, 0.4) is 0 Å². The van der Waals surface area contributed by atoms with E-state index >= 15 is 0 Å². The maximum atomic E-state index is 12.4. The molecule has 0 saturated carbocycles. The van der Waals surface area contributed by atoms with Gasteiger partial charge in [-0.1, -0.05) is 6.07 Å². The lowest BCUT2D eigenvalue weighted by molar-refractivity contribution is -0.120. The van der Waals surface area contributed by atoms with Gasteiger partial charge < -0.3 is 5.32 Å². The number of nitrogens with one attached hydrogen (secondary N) is 2. The number of hydrogen-bond acceptors (Lipinski definition) is 3. The van der Waals surface area contributed by atoms with Gasteiger partial charge in [0.2, 0.25) is 15.9 Å². The Morgan fingerprint density at radius 3 is 2.36 bits per heavy atom. The first-order chi connectivity index (χ1) is 9.90. The Hall–Kier alpha value is -0.920. The second-order valence-electron chi connectivity index (χ2n) is 6.52. The zero-order valence-electron chi connectivity index (χ0n) is 13.5. The minimum absolute atomic E-state index is 0.0497. The van der Waals surface area contributed by atoms with Gasteiger partial charge in [0.25, 0.3) is 0 Å². The summed E-state index contributed by atoms with van der Waals surface area (Å²) in [7, 11) is -3.66. The summed E-state index contributed by atoms with van der Waals surface area (Å²) in [4.78, 5) is 11.9. The van der Waals surface area contributed by atoms with Crippen molar-refractivity contribution in [3.05, 3.63) is 28.2 Å². The summed E-state index contributed by atoms with van der Waals surface area (Å²) in [5, 5.41) is 2.79. The molecule has 0 atom stereocenters. The van der Waals surface area contributed by atoms with Crippen LogP contribution in [-0.2, 0) is 21.2 Å². The summed E-state index contributed by atoms with van der Waals surface area (Å²) < 4.78 is 28.0. The van der Waals surface area contributed by atoms with Crippen molar-refractivity contribution in [2.45, 2.75) is 57.5 Å². The van der Waals surface area contributed by atoms with Gasteiger partial charge in [0, 0.05) is 16.1 Å². The van der Waals surface area contributed by atoms with Crippen molar-refractivity contribution >= 4 is 31.9 Å². The third kappa shape index (κ3) is 6.06. The fourth-order valence-electron chi connectivity index (χ4n) is 1.88. The average Bonchev–Trinajstić information content (AvgIpc) is 2.27. The van der Waals surface area contributed by atoms with Gasteiger partial charge in [0.1, 0.15) is 0 Å². The van der Waals surface area contributed by atoms with Gasteiger partial charge in [0.15, 0.2) is 0 Å². The van der Waals surface area contributed by atoms with E-state index in [1.807, 2.05) is 13.8 Å². The van der Waals surface area contributed by atoms with Crippen LogP contribution in [0.5, 0.6) is 0 Å². The van der Waals surface area contributed by atoms with Crippen LogP contribution in [0, 0.1) is 0 Å². The molecule has 124 valence electrons. The smallest absolute Gasteiger partial charge is 0.242 e. The van der Waals surface area contributed by atoms with Crippen LogP contribution >= 0.6 is 15.9 Å². The molecule has 0 aromatic heterocycles. The van der Waals surface area contributed by atoms with Gasteiger partial charge in [-0.15, -0.1) is 0 Å². The van der Waals surface area contributed by atoms with Crippen molar-refractivity contribution in [1.29, 1.82) is 0 Å². The van der Waals surface area contributed by atoms with E-state index < -0.39 is 15.6 Å². The molecule has 1 aromatic carbocycles. The molecular weight excluding hydrogens is 368 g/mol. The van der Waals surface area contributed by atoms with Crippen LogP contribution in [0.4, 0.5) is 0 Å². The van der Waals surface area contributed by atoms with Crippen LogP contribution in [-0.4, -0.2) is 25.9 Å². The predicted molar refractivity (Wildman–Crippen MR) is 91.2 cm³/mol. The molecule has 0 aliphatic carbocycles. The number of amides is 1. The molecule has 0 fully saturated rings. The molecule has 1 aromatic rings. The quantitative estimate of drug-likeness (QED) is 0.810. The average molecular weight is 391 g/mol. The number of carbonyl (C=O) groups excluding carboxylic acids is 1. The van der Waals surface area contributed by atoms with E-state index in [4.69, 9.17) is 0 Å². The first-order valence-electron chi connectivity index (χ1n) is 7.02. The van der Waals surface area contributed by atoms with Gasteiger partial charge in [-0.3, -0.25) is 4.79 Å². The largest absolute Gasteiger partial charge is 0.354 e. The van der Waals surface area contributed by atoms with Crippen molar-refractivity contribution in [2.24, 2.45) is 0 Å². The highest BCUT2D eigenvalue weighted by Gasteiger charge is 2.24. The standard InChI is InChI=1S/C15H23BrN2O3S/c1-10(2)17-14(19)9-11-6-7-12(16)13(8-11)22(20,21)18-15(3,4)5/h6-8,10,18H,9H2,1-5H3,(H,17,19). The van der Waals surface area contributed by atoms with E-state index in [9.17, 15) is 13.2 Å². The Morgan fingerprint density at radius 2 is 1.86 bits per heavy atom. The second-order valence-corrected chi connectivity index (χ2v) is 9.02. The lowest BCUT2D eigenvalue weighted by Crippen LogP contribution is -2.40. The molecule has 0 heterocycles. The highest BCUT2D eigenvalue weighted by molar-refractivity contribution is 9.10. The Morgan fingerprint density at radius 1 is 1.27 bits per heavy atom. The Balaban J connectivity index is 3.07. The topological polar surface area (TPSA) is 75.3 Å². The zero-order valence-corrected chi connectivity index (χ0v) is 15.9. The molecule has 0 saturated heterocycles. The normalized spacial score (nSPS) is 12.5. The van der Waals surface area contributed by atoms with Gasteiger partial charge in [-0.2, -0.15) is 0 Å². The number of hydrogen-bond donors (Lipinski definition) is 2. The van der Waals surface area contributed by atoms with Crippen molar-refractivity contribution in [3.63, 3.8) is 0 Å². The zero-order chi connectivity index (χ0) is 17.1. The minimum Gasteiger partial charge on any atom is -0.354 e. The van der Waals surface area contributed by atoms with Crippen molar-refractivity contribution < 1.29 is 13.2 Å². The molecule has 0 spiro atoms. The maximum absolute atomic E-state index is 12.4. The predicted octanol–water partition coefficient (Wildman–Crippen LogP) is 2.59. The van der Waals surface area contributed by atoms with Gasteiger partial charge >= 0.3 is 0 Å². The van der Waals surface area contributed by atoms with Crippen LogP contribution in [0.2, 0.25) is 0 Å². The number of benzene rings is 1. The second kappa shape index (κ2) is 7.10. The van der Waals surface area contributed by atoms with Gasteiger partial charge in [-0.05, 0) is 68.2 Å². The van der Waals surface area contributed by atoms with E-state index in [2.05, 4.69) is 26.0 Å². The Kier molecular flexibility index (Phi) is 6.18. The summed E-state index contributed by atoms with van der Waals surface area (Å²) in [5.41, 5.74) is 0.0687. The van der Waals surface area contributed by atoms with Crippen LogP contribution in [0.15, 0.2) is 27.6 Å². The van der Waals surface area contributed by atoms with E-state index in [0.29, 0.717) is 10.0 Å². The number of rotatable bonds is 5. The fraction of sp³-hybridized carbons (Fsp3) is 0.533. The summed E-state index contributed by atoms with van der Waals surface area (Å²) >= 11 is 3.26. The number of sulfonamides is 1. The summed E-state index contributed by atoms with van der Waals surface area (Å²) in [6.45, 7) is 9.08. The maximum Gasteiger partial charge on any atom is 0.242 e. The molecule has 22 heavy (non-hydrogen) atoms. The minimum atomic E-state index is -3.66. The van der Waals surface area contributed by atoms with Crippen LogP contribution in [0.1, 0.15) is 40.2 Å². The molecule has 2 N–H and O–H groups in total. The third-order valence-corrected chi connectivity index (χ3v) is 5.29. The molecule has 0 aliphatic rings. The summed E-state index contributed by atoms with van der Waals surface area (Å²) in [6.07, 6.45) is 0.142. The highest BCUT2D eigenvalue weighted by Crippen LogP contribution is 2.24. The first-order valence-corrected chi connectivity index (χ1v) is 9.30. The van der Waals surface area contributed by atoms with E-state index in [-0.39, 0.29) is 23.3 Å². The molecule has 5 nitrogen and oxygen atoms in total. The summed E-state index contributed by atoms with van der Waals surface area (Å²) in [6, 6.07) is 4.96. The van der Waals surface area contributed by atoms with Crippen molar-refractivity contribution in [1.82, 2.24) is 10.0 Å². The first kappa shape index (κ1) is 19.1. The molecule has 1 rings (SSSR count). The molecule has 1 amide bonds. The molecule has 0 aliphatic heterocycles. The van der Waals surface area contributed by atoms with Crippen LogP contribution in [0.25, 0.3) is 0 Å². The van der Waals surface area contributed by atoms with Crippen LogP contribution < -0.4 is 10.0 Å². The lowest BCUT2D eigenvalue weighted by atomic mass is 10.1. The van der Waals surface area contributed by atoms with E-state index in [1.54, 1.807) is 32.9 Å². The summed E-state index contributed by atoms with van der Waals surface area (Å²) in [5.74, 6) is -0.135. The monoisotopic (exact) mass is 390 g/mol.